The van der Waals surface area contributed by atoms with Crippen LogP contribution in [0.1, 0.15) is 27.0 Å². The molecule has 0 atom stereocenters. The van der Waals surface area contributed by atoms with Crippen molar-refractivity contribution in [3.05, 3.63) is 101 Å². The third-order valence-electron chi connectivity index (χ3n) is 4.04. The van der Waals surface area contributed by atoms with Crippen molar-refractivity contribution in [2.75, 3.05) is 6.61 Å². The number of para-hydroxylation sites is 1. The van der Waals surface area contributed by atoms with Gasteiger partial charge in [0.2, 0.25) is 0 Å². The second-order valence-corrected chi connectivity index (χ2v) is 5.96. The first kappa shape index (κ1) is 18.2. The summed E-state index contributed by atoms with van der Waals surface area (Å²) in [5.41, 5.74) is 2.88. The lowest BCUT2D eigenvalue weighted by Gasteiger charge is -2.12. The molecule has 0 aliphatic rings. The fourth-order valence-corrected chi connectivity index (χ4v) is 2.64. The van der Waals surface area contributed by atoms with Crippen LogP contribution in [0.4, 0.5) is 0 Å². The highest BCUT2D eigenvalue weighted by Gasteiger charge is 2.09. The number of hydrogen-bond acceptors (Lipinski definition) is 4. The van der Waals surface area contributed by atoms with E-state index in [9.17, 15) is 4.79 Å². The van der Waals surface area contributed by atoms with E-state index in [1.807, 2.05) is 60.7 Å². The van der Waals surface area contributed by atoms with Gasteiger partial charge in [-0.1, -0.05) is 54.6 Å². The highest BCUT2D eigenvalue weighted by Crippen LogP contribution is 2.20. The summed E-state index contributed by atoms with van der Waals surface area (Å²) in [5, 5.41) is 8.92. The summed E-state index contributed by atoms with van der Waals surface area (Å²) in [6.45, 7) is 0.722. The molecule has 0 amide bonds. The average Bonchev–Trinajstić information content (AvgIpc) is 2.73. The summed E-state index contributed by atoms with van der Waals surface area (Å²) < 4.78 is 11.3. The third-order valence-corrected chi connectivity index (χ3v) is 4.04. The summed E-state index contributed by atoms with van der Waals surface area (Å²) in [7, 11) is 0. The van der Waals surface area contributed by atoms with Crippen LogP contribution in [0.2, 0.25) is 0 Å². The zero-order valence-corrected chi connectivity index (χ0v) is 14.8. The molecule has 0 aliphatic carbocycles. The lowest BCUT2D eigenvalue weighted by atomic mass is 10.1. The molecule has 0 aromatic heterocycles. The molecule has 0 radical (unpaired) electrons. The molecule has 4 heteroatoms. The quantitative estimate of drug-likeness (QED) is 0.583. The van der Waals surface area contributed by atoms with Gasteiger partial charge in [-0.25, -0.2) is 4.79 Å². The number of benzene rings is 3. The molecule has 0 saturated heterocycles. The first-order valence-corrected chi connectivity index (χ1v) is 8.68. The van der Waals surface area contributed by atoms with Crippen molar-refractivity contribution in [1.82, 2.24) is 0 Å². The highest BCUT2D eigenvalue weighted by molar-refractivity contribution is 5.89. The molecule has 0 aliphatic heterocycles. The van der Waals surface area contributed by atoms with Gasteiger partial charge < -0.3 is 9.47 Å². The average molecular weight is 357 g/mol. The van der Waals surface area contributed by atoms with Gasteiger partial charge in [0.15, 0.2) is 0 Å². The van der Waals surface area contributed by atoms with Crippen LogP contribution in [0, 0.1) is 11.3 Å². The molecule has 3 rings (SSSR count). The minimum absolute atomic E-state index is 0.237. The Balaban J connectivity index is 1.56. The van der Waals surface area contributed by atoms with Crippen molar-refractivity contribution in [3.63, 3.8) is 0 Å². The zero-order chi connectivity index (χ0) is 18.9. The van der Waals surface area contributed by atoms with Gasteiger partial charge in [0.25, 0.3) is 0 Å². The maximum absolute atomic E-state index is 12.1. The van der Waals surface area contributed by atoms with Gasteiger partial charge in [-0.15, -0.1) is 0 Å². The molecule has 134 valence electrons. The van der Waals surface area contributed by atoms with Crippen molar-refractivity contribution in [2.45, 2.75) is 13.0 Å². The van der Waals surface area contributed by atoms with Crippen molar-refractivity contribution in [2.24, 2.45) is 0 Å². The van der Waals surface area contributed by atoms with E-state index in [4.69, 9.17) is 14.7 Å². The molecular weight excluding hydrogens is 338 g/mol. The van der Waals surface area contributed by atoms with Crippen molar-refractivity contribution >= 4 is 5.97 Å². The minimum atomic E-state index is -0.435. The molecule has 3 aromatic rings. The molecule has 0 spiro atoms. The number of carbonyl (C=O) groups excluding carboxylic acids is 1. The van der Waals surface area contributed by atoms with Gasteiger partial charge in [-0.2, -0.15) is 5.26 Å². The van der Waals surface area contributed by atoms with Crippen LogP contribution in [0.5, 0.6) is 5.75 Å². The van der Waals surface area contributed by atoms with Crippen molar-refractivity contribution in [1.29, 1.82) is 5.26 Å². The number of hydrogen-bond donors (Lipinski definition) is 0. The highest BCUT2D eigenvalue weighted by atomic mass is 16.5. The Bertz CT molecular complexity index is 945. The summed E-state index contributed by atoms with van der Waals surface area (Å²) in [4.78, 5) is 12.1. The van der Waals surface area contributed by atoms with E-state index in [0.29, 0.717) is 24.2 Å². The van der Waals surface area contributed by atoms with Crippen LogP contribution in [0.25, 0.3) is 0 Å². The molecule has 0 N–H and O–H groups in total. The van der Waals surface area contributed by atoms with E-state index in [1.165, 1.54) is 6.07 Å². The van der Waals surface area contributed by atoms with Crippen LogP contribution >= 0.6 is 0 Å². The second-order valence-electron chi connectivity index (χ2n) is 5.96. The van der Waals surface area contributed by atoms with E-state index in [2.05, 4.69) is 0 Å². The topological polar surface area (TPSA) is 59.3 Å². The first-order chi connectivity index (χ1) is 13.3. The smallest absolute Gasteiger partial charge is 0.338 e. The van der Waals surface area contributed by atoms with E-state index in [0.717, 1.165) is 16.9 Å². The Morgan fingerprint density at radius 1 is 0.926 bits per heavy atom. The number of esters is 1. The Kier molecular flexibility index (Phi) is 6.21. The maximum atomic E-state index is 12.1. The summed E-state index contributed by atoms with van der Waals surface area (Å²) in [5.74, 6) is 0.346. The molecule has 0 bridgehead atoms. The van der Waals surface area contributed by atoms with Crippen LogP contribution in [0.3, 0.4) is 0 Å². The third kappa shape index (κ3) is 5.20. The van der Waals surface area contributed by atoms with Crippen LogP contribution in [-0.2, 0) is 17.8 Å². The fraction of sp³-hybridized carbons (Fsp3) is 0.130. The Morgan fingerprint density at radius 3 is 2.52 bits per heavy atom. The zero-order valence-electron chi connectivity index (χ0n) is 14.8. The monoisotopic (exact) mass is 357 g/mol. The lowest BCUT2D eigenvalue weighted by molar-refractivity contribution is 0.0508. The van der Waals surface area contributed by atoms with Crippen LogP contribution < -0.4 is 4.74 Å². The van der Waals surface area contributed by atoms with Gasteiger partial charge in [0.1, 0.15) is 12.4 Å². The summed E-state index contributed by atoms with van der Waals surface area (Å²) in [6.07, 6.45) is 0.550. The largest absolute Gasteiger partial charge is 0.489 e. The van der Waals surface area contributed by atoms with Gasteiger partial charge >= 0.3 is 5.97 Å². The van der Waals surface area contributed by atoms with E-state index in [1.54, 1.807) is 18.2 Å². The van der Waals surface area contributed by atoms with E-state index in [-0.39, 0.29) is 6.61 Å². The molecule has 0 saturated carbocycles. The Morgan fingerprint density at radius 2 is 1.70 bits per heavy atom. The first-order valence-electron chi connectivity index (χ1n) is 8.68. The molecule has 27 heavy (non-hydrogen) atoms. The van der Waals surface area contributed by atoms with Gasteiger partial charge in [0.05, 0.1) is 23.8 Å². The lowest BCUT2D eigenvalue weighted by Crippen LogP contribution is -2.09. The van der Waals surface area contributed by atoms with Crippen molar-refractivity contribution in [3.8, 4) is 11.8 Å². The number of carbonyl (C=O) groups is 1. The molecule has 0 fully saturated rings. The fourth-order valence-electron chi connectivity index (χ4n) is 2.64. The predicted octanol–water partition coefficient (Wildman–Crippen LogP) is 4.54. The Labute approximate surface area is 158 Å². The molecule has 4 nitrogen and oxygen atoms in total. The van der Waals surface area contributed by atoms with Gasteiger partial charge in [-0.3, -0.25) is 0 Å². The predicted molar refractivity (Wildman–Crippen MR) is 102 cm³/mol. The SMILES string of the molecule is N#Cc1cccc(C(=O)OCCc2ccccc2OCc2ccccc2)c1. The van der Waals surface area contributed by atoms with Crippen molar-refractivity contribution < 1.29 is 14.3 Å². The summed E-state index contributed by atoms with van der Waals surface area (Å²) in [6, 6.07) is 26.2. The number of rotatable bonds is 7. The number of nitrogens with zero attached hydrogens (tertiary/aromatic N) is 1. The number of nitriles is 1. The van der Waals surface area contributed by atoms with Gasteiger partial charge in [0, 0.05) is 6.42 Å². The normalized spacial score (nSPS) is 10.0. The maximum Gasteiger partial charge on any atom is 0.338 e. The van der Waals surface area contributed by atoms with Crippen LogP contribution in [0.15, 0.2) is 78.9 Å². The van der Waals surface area contributed by atoms with E-state index >= 15 is 0 Å². The standard InChI is InChI=1S/C23H19NO3/c24-16-19-9-6-11-21(15-19)23(25)26-14-13-20-10-4-5-12-22(20)27-17-18-7-2-1-3-8-18/h1-12,15H,13-14,17H2. The molecule has 3 aromatic carbocycles. The number of ether oxygens (including phenoxy) is 2. The molecule has 0 unspecified atom stereocenters. The van der Waals surface area contributed by atoms with Gasteiger partial charge in [-0.05, 0) is 35.4 Å². The minimum Gasteiger partial charge on any atom is -0.489 e. The molecule has 0 heterocycles. The molecular formula is C23H19NO3. The summed E-state index contributed by atoms with van der Waals surface area (Å²) >= 11 is 0. The van der Waals surface area contributed by atoms with E-state index < -0.39 is 5.97 Å². The second kappa shape index (κ2) is 9.21. The van der Waals surface area contributed by atoms with Crippen LogP contribution in [-0.4, -0.2) is 12.6 Å². The Hall–Kier alpha value is -3.58.